The van der Waals surface area contributed by atoms with Gasteiger partial charge in [-0.1, -0.05) is 42.5 Å². The second-order valence-electron chi connectivity index (χ2n) is 6.07. The lowest BCUT2D eigenvalue weighted by atomic mass is 10.1. The Morgan fingerprint density at radius 3 is 2.39 bits per heavy atom. The lowest BCUT2D eigenvalue weighted by Gasteiger charge is -2.16. The van der Waals surface area contributed by atoms with Crippen LogP contribution in [-0.4, -0.2) is 29.3 Å². The highest BCUT2D eigenvalue weighted by atomic mass is 16.2. The quantitative estimate of drug-likeness (QED) is 0.500. The highest BCUT2D eigenvalue weighted by molar-refractivity contribution is 5.99. The van der Waals surface area contributed by atoms with Crippen LogP contribution in [0.5, 0.6) is 0 Å². The molecule has 0 aliphatic heterocycles. The van der Waals surface area contributed by atoms with Crippen molar-refractivity contribution >= 4 is 28.6 Å². The fraction of sp³-hybridized carbons (Fsp3) is 0.100. The molecule has 5 N–H and O–H groups in total. The molecule has 1 unspecified atom stereocenters. The standard InChI is InChI=1S/C20H18N4O4/c21-19(27)17(12-6-2-1-3-7-12)24-16(25)11-23-20(28)14-10-22-15-9-5-4-8-13(15)18(14)26/h1-10,17H,11H2,(H2,21,27)(H,22,26)(H,23,28)(H,24,25). The van der Waals surface area contributed by atoms with E-state index in [0.29, 0.717) is 16.5 Å². The maximum Gasteiger partial charge on any atom is 0.257 e. The molecule has 0 spiro atoms. The molecule has 1 heterocycles. The number of pyridine rings is 1. The van der Waals surface area contributed by atoms with Crippen LogP contribution in [-0.2, 0) is 9.59 Å². The molecule has 0 radical (unpaired) electrons. The summed E-state index contributed by atoms with van der Waals surface area (Å²) in [5.41, 5.74) is 5.94. The van der Waals surface area contributed by atoms with Crippen LogP contribution in [0.1, 0.15) is 22.0 Å². The summed E-state index contributed by atoms with van der Waals surface area (Å²) in [7, 11) is 0. The van der Waals surface area contributed by atoms with Gasteiger partial charge in [0.2, 0.25) is 17.2 Å². The molecule has 3 aromatic rings. The van der Waals surface area contributed by atoms with Crippen molar-refractivity contribution in [2.24, 2.45) is 5.73 Å². The Labute approximate surface area is 159 Å². The van der Waals surface area contributed by atoms with Gasteiger partial charge in [0.25, 0.3) is 5.91 Å². The Kier molecular flexibility index (Phi) is 5.50. The van der Waals surface area contributed by atoms with Gasteiger partial charge in [-0.2, -0.15) is 0 Å². The van der Waals surface area contributed by atoms with Crippen molar-refractivity contribution in [1.82, 2.24) is 15.6 Å². The first-order valence-electron chi connectivity index (χ1n) is 8.49. The summed E-state index contributed by atoms with van der Waals surface area (Å²) in [5.74, 6) is -2.03. The molecule has 0 aliphatic carbocycles. The van der Waals surface area contributed by atoms with E-state index in [1.165, 1.54) is 6.20 Å². The minimum atomic E-state index is -1.02. The first kappa shape index (κ1) is 18.8. The summed E-state index contributed by atoms with van der Waals surface area (Å²) in [6.45, 7) is -0.415. The number of nitrogens with two attached hydrogens (primary N) is 1. The molecule has 0 bridgehead atoms. The summed E-state index contributed by atoms with van der Waals surface area (Å²) < 4.78 is 0. The van der Waals surface area contributed by atoms with Crippen LogP contribution in [0.15, 0.2) is 65.6 Å². The van der Waals surface area contributed by atoms with Crippen LogP contribution in [0, 0.1) is 0 Å². The number of hydrogen-bond acceptors (Lipinski definition) is 4. The smallest absolute Gasteiger partial charge is 0.257 e. The summed E-state index contributed by atoms with van der Waals surface area (Å²) in [5, 5.41) is 5.22. The molecule has 8 nitrogen and oxygen atoms in total. The van der Waals surface area contributed by atoms with Gasteiger partial charge in [0.05, 0.1) is 6.54 Å². The van der Waals surface area contributed by atoms with Gasteiger partial charge >= 0.3 is 0 Å². The number of rotatable bonds is 6. The Morgan fingerprint density at radius 2 is 1.68 bits per heavy atom. The number of para-hydroxylation sites is 1. The fourth-order valence-electron chi connectivity index (χ4n) is 2.77. The van der Waals surface area contributed by atoms with Gasteiger partial charge in [-0.15, -0.1) is 0 Å². The maximum atomic E-state index is 12.4. The number of hydrogen-bond donors (Lipinski definition) is 4. The molecule has 3 amide bonds. The minimum absolute atomic E-state index is 0.110. The third-order valence-corrected chi connectivity index (χ3v) is 4.17. The van der Waals surface area contributed by atoms with Crippen LogP contribution < -0.4 is 21.8 Å². The molecule has 28 heavy (non-hydrogen) atoms. The van der Waals surface area contributed by atoms with Gasteiger partial charge < -0.3 is 21.4 Å². The molecular weight excluding hydrogens is 360 g/mol. The Balaban J connectivity index is 1.67. The third kappa shape index (κ3) is 4.07. The van der Waals surface area contributed by atoms with E-state index in [1.54, 1.807) is 54.6 Å². The van der Waals surface area contributed by atoms with Crippen LogP contribution in [0.25, 0.3) is 10.9 Å². The second kappa shape index (κ2) is 8.17. The molecule has 0 fully saturated rings. The van der Waals surface area contributed by atoms with Crippen molar-refractivity contribution in [2.75, 3.05) is 6.54 Å². The zero-order chi connectivity index (χ0) is 20.1. The van der Waals surface area contributed by atoms with Gasteiger partial charge in [0.1, 0.15) is 11.6 Å². The first-order chi connectivity index (χ1) is 13.5. The number of aromatic nitrogens is 1. The van der Waals surface area contributed by atoms with Crippen LogP contribution in [0.4, 0.5) is 0 Å². The number of benzene rings is 2. The Hall–Kier alpha value is -3.94. The van der Waals surface area contributed by atoms with E-state index in [9.17, 15) is 19.2 Å². The van der Waals surface area contributed by atoms with E-state index in [4.69, 9.17) is 5.73 Å². The van der Waals surface area contributed by atoms with Crippen molar-refractivity contribution in [3.8, 4) is 0 Å². The number of H-pyrrole nitrogens is 1. The second-order valence-corrected chi connectivity index (χ2v) is 6.07. The van der Waals surface area contributed by atoms with Gasteiger partial charge in [-0.25, -0.2) is 0 Å². The summed E-state index contributed by atoms with van der Waals surface area (Å²) >= 11 is 0. The van der Waals surface area contributed by atoms with Gasteiger partial charge in [0, 0.05) is 17.1 Å². The largest absolute Gasteiger partial charge is 0.368 e. The number of carbonyl (C=O) groups excluding carboxylic acids is 3. The monoisotopic (exact) mass is 378 g/mol. The number of fused-ring (bicyclic) bond motifs is 1. The Morgan fingerprint density at radius 1 is 1.00 bits per heavy atom. The summed E-state index contributed by atoms with van der Waals surface area (Å²) in [6, 6.07) is 14.3. The van der Waals surface area contributed by atoms with Crippen LogP contribution in [0.3, 0.4) is 0 Å². The number of aromatic amines is 1. The zero-order valence-electron chi connectivity index (χ0n) is 14.8. The van der Waals surface area contributed by atoms with Gasteiger partial charge in [-0.05, 0) is 17.7 Å². The molecule has 1 aromatic heterocycles. The van der Waals surface area contributed by atoms with Crippen molar-refractivity contribution in [1.29, 1.82) is 0 Å². The SMILES string of the molecule is NC(=O)C(NC(=O)CNC(=O)c1c[nH]c2ccccc2c1=O)c1ccccc1. The number of nitrogens with one attached hydrogen (secondary N) is 3. The van der Waals surface area contributed by atoms with E-state index < -0.39 is 35.7 Å². The highest BCUT2D eigenvalue weighted by Gasteiger charge is 2.20. The predicted molar refractivity (Wildman–Crippen MR) is 103 cm³/mol. The molecule has 0 aliphatic rings. The number of primary amides is 1. The van der Waals surface area contributed by atoms with Gasteiger partial charge in [-0.3, -0.25) is 19.2 Å². The molecule has 142 valence electrons. The lowest BCUT2D eigenvalue weighted by molar-refractivity contribution is -0.126. The molecule has 1 atom stereocenters. The van der Waals surface area contributed by atoms with Gasteiger partial charge in [0.15, 0.2) is 0 Å². The van der Waals surface area contributed by atoms with E-state index in [1.807, 2.05) is 0 Å². The average molecular weight is 378 g/mol. The number of amides is 3. The van der Waals surface area contributed by atoms with Crippen molar-refractivity contribution in [2.45, 2.75) is 6.04 Å². The van der Waals surface area contributed by atoms with E-state index in [-0.39, 0.29) is 5.56 Å². The van der Waals surface area contributed by atoms with E-state index in [2.05, 4.69) is 15.6 Å². The Bertz CT molecular complexity index is 1090. The maximum absolute atomic E-state index is 12.4. The first-order valence-corrected chi connectivity index (χ1v) is 8.49. The highest BCUT2D eigenvalue weighted by Crippen LogP contribution is 2.11. The molecule has 0 saturated heterocycles. The minimum Gasteiger partial charge on any atom is -0.368 e. The molecular formula is C20H18N4O4. The molecule has 3 rings (SSSR count). The lowest BCUT2D eigenvalue weighted by Crippen LogP contribution is -2.43. The average Bonchev–Trinajstić information content (AvgIpc) is 2.71. The third-order valence-electron chi connectivity index (χ3n) is 4.17. The molecule has 8 heteroatoms. The summed E-state index contributed by atoms with van der Waals surface area (Å²) in [6.07, 6.45) is 1.30. The predicted octanol–water partition coefficient (Wildman–Crippen LogP) is 0.601. The van der Waals surface area contributed by atoms with E-state index >= 15 is 0 Å². The fourth-order valence-corrected chi connectivity index (χ4v) is 2.77. The van der Waals surface area contributed by atoms with E-state index in [0.717, 1.165) is 0 Å². The molecule has 2 aromatic carbocycles. The van der Waals surface area contributed by atoms with Crippen LogP contribution in [0.2, 0.25) is 0 Å². The summed E-state index contributed by atoms with van der Waals surface area (Å²) in [4.78, 5) is 51.4. The number of carbonyl (C=O) groups is 3. The zero-order valence-corrected chi connectivity index (χ0v) is 14.8. The molecule has 0 saturated carbocycles. The normalized spacial score (nSPS) is 11.6. The van der Waals surface area contributed by atoms with Crippen molar-refractivity contribution in [3.63, 3.8) is 0 Å². The topological polar surface area (TPSA) is 134 Å². The van der Waals surface area contributed by atoms with Crippen molar-refractivity contribution in [3.05, 3.63) is 82.1 Å². The van der Waals surface area contributed by atoms with Crippen LogP contribution >= 0.6 is 0 Å². The van der Waals surface area contributed by atoms with Crippen molar-refractivity contribution < 1.29 is 14.4 Å².